The molecule has 1 heterocycles. The highest BCUT2D eigenvalue weighted by Crippen LogP contribution is 2.22. The van der Waals surface area contributed by atoms with Gasteiger partial charge in [0.1, 0.15) is 17.3 Å². The van der Waals surface area contributed by atoms with Crippen molar-refractivity contribution in [2.45, 2.75) is 6.61 Å². The molecule has 7 heteroatoms. The van der Waals surface area contributed by atoms with Crippen LogP contribution in [0, 0.1) is 0 Å². The molecule has 0 spiro atoms. The second kappa shape index (κ2) is 7.39. The van der Waals surface area contributed by atoms with Gasteiger partial charge in [-0.1, -0.05) is 11.6 Å². The van der Waals surface area contributed by atoms with E-state index in [-0.39, 0.29) is 18.4 Å². The maximum Gasteiger partial charge on any atom is 0.140 e. The number of nitrogens with zero attached hydrogens (tertiary/aromatic N) is 3. The second-order valence-electron chi connectivity index (χ2n) is 3.33. The van der Waals surface area contributed by atoms with Gasteiger partial charge >= 0.3 is 0 Å². The Morgan fingerprint density at radius 2 is 2.12 bits per heavy atom. The molecule has 6 nitrogen and oxygen atoms in total. The van der Waals surface area contributed by atoms with Crippen molar-refractivity contribution in [1.82, 2.24) is 9.97 Å². The van der Waals surface area contributed by atoms with E-state index in [2.05, 4.69) is 9.97 Å². The summed E-state index contributed by atoms with van der Waals surface area (Å²) < 4.78 is 4.98. The second-order valence-corrected chi connectivity index (χ2v) is 3.69. The van der Waals surface area contributed by atoms with E-state index in [4.69, 9.17) is 21.4 Å². The molecular formula is C10H16ClN3O3. The highest BCUT2D eigenvalue weighted by atomic mass is 35.5. The van der Waals surface area contributed by atoms with Gasteiger partial charge in [0.05, 0.1) is 25.4 Å². The average Bonchev–Trinajstić information content (AvgIpc) is 2.34. The molecule has 0 atom stereocenters. The summed E-state index contributed by atoms with van der Waals surface area (Å²) in [6.45, 7) is 1.17. The SMILES string of the molecule is COCCN(CCO)c1ncnc(Cl)c1CO. The topological polar surface area (TPSA) is 78.7 Å². The highest BCUT2D eigenvalue weighted by Gasteiger charge is 2.15. The van der Waals surface area contributed by atoms with Crippen molar-refractivity contribution in [1.29, 1.82) is 0 Å². The van der Waals surface area contributed by atoms with Crippen LogP contribution in [-0.4, -0.2) is 53.6 Å². The lowest BCUT2D eigenvalue weighted by molar-refractivity contribution is 0.202. The first-order valence-corrected chi connectivity index (χ1v) is 5.57. The average molecular weight is 262 g/mol. The third-order valence-corrected chi connectivity index (χ3v) is 2.59. The first kappa shape index (κ1) is 14.1. The van der Waals surface area contributed by atoms with Crippen LogP contribution < -0.4 is 4.90 Å². The molecule has 96 valence electrons. The summed E-state index contributed by atoms with van der Waals surface area (Å²) >= 11 is 5.88. The third-order valence-electron chi connectivity index (χ3n) is 2.26. The van der Waals surface area contributed by atoms with E-state index in [1.165, 1.54) is 6.33 Å². The number of hydrogen-bond acceptors (Lipinski definition) is 6. The molecule has 0 bridgehead atoms. The Morgan fingerprint density at radius 1 is 1.35 bits per heavy atom. The van der Waals surface area contributed by atoms with Crippen LogP contribution in [0.5, 0.6) is 0 Å². The van der Waals surface area contributed by atoms with E-state index in [9.17, 15) is 5.11 Å². The van der Waals surface area contributed by atoms with Gasteiger partial charge in [0.15, 0.2) is 0 Å². The number of hydrogen-bond donors (Lipinski definition) is 2. The molecule has 0 unspecified atom stereocenters. The molecule has 0 saturated carbocycles. The Kier molecular flexibility index (Phi) is 6.13. The van der Waals surface area contributed by atoms with Crippen molar-refractivity contribution in [2.75, 3.05) is 38.3 Å². The van der Waals surface area contributed by atoms with Crippen LogP contribution in [0.15, 0.2) is 6.33 Å². The molecule has 0 fully saturated rings. The van der Waals surface area contributed by atoms with E-state index in [0.717, 1.165) is 0 Å². The number of rotatable bonds is 7. The van der Waals surface area contributed by atoms with Crippen molar-refractivity contribution >= 4 is 17.4 Å². The Bertz CT molecular complexity index is 352. The Hall–Kier alpha value is -0.950. The van der Waals surface area contributed by atoms with Gasteiger partial charge in [-0.2, -0.15) is 0 Å². The summed E-state index contributed by atoms with van der Waals surface area (Å²) in [6.07, 6.45) is 1.33. The van der Waals surface area contributed by atoms with Gasteiger partial charge < -0.3 is 19.8 Å². The van der Waals surface area contributed by atoms with Crippen LogP contribution in [0.1, 0.15) is 5.56 Å². The van der Waals surface area contributed by atoms with Gasteiger partial charge in [0.25, 0.3) is 0 Å². The monoisotopic (exact) mass is 261 g/mol. The van der Waals surface area contributed by atoms with Gasteiger partial charge in [0.2, 0.25) is 0 Å². The fraction of sp³-hybridized carbons (Fsp3) is 0.600. The van der Waals surface area contributed by atoms with Crippen molar-refractivity contribution in [3.05, 3.63) is 17.0 Å². The van der Waals surface area contributed by atoms with E-state index in [0.29, 0.717) is 31.1 Å². The fourth-order valence-corrected chi connectivity index (χ4v) is 1.62. The molecule has 0 aliphatic carbocycles. The van der Waals surface area contributed by atoms with Gasteiger partial charge in [-0.15, -0.1) is 0 Å². The number of aliphatic hydroxyl groups excluding tert-OH is 2. The summed E-state index contributed by atoms with van der Waals surface area (Å²) in [7, 11) is 1.59. The number of anilines is 1. The summed E-state index contributed by atoms with van der Waals surface area (Å²) in [4.78, 5) is 9.69. The van der Waals surface area contributed by atoms with Gasteiger partial charge in [-0.25, -0.2) is 9.97 Å². The predicted octanol–water partition coefficient (Wildman–Crippen LogP) is 0.0674. The maximum absolute atomic E-state index is 9.26. The third kappa shape index (κ3) is 3.78. The van der Waals surface area contributed by atoms with Crippen LogP contribution >= 0.6 is 11.6 Å². The largest absolute Gasteiger partial charge is 0.395 e. The molecule has 1 rings (SSSR count). The van der Waals surface area contributed by atoms with E-state index >= 15 is 0 Å². The number of ether oxygens (including phenoxy) is 1. The van der Waals surface area contributed by atoms with E-state index in [1.54, 1.807) is 12.0 Å². The quantitative estimate of drug-likeness (QED) is 0.676. The summed E-state index contributed by atoms with van der Waals surface area (Å²) in [5.74, 6) is 0.526. The van der Waals surface area contributed by atoms with E-state index in [1.807, 2.05) is 0 Å². The van der Waals surface area contributed by atoms with Gasteiger partial charge in [-0.3, -0.25) is 0 Å². The maximum atomic E-state index is 9.26. The smallest absolute Gasteiger partial charge is 0.140 e. The molecular weight excluding hydrogens is 246 g/mol. The molecule has 0 radical (unpaired) electrons. The zero-order valence-corrected chi connectivity index (χ0v) is 10.4. The van der Waals surface area contributed by atoms with E-state index < -0.39 is 0 Å². The molecule has 1 aromatic heterocycles. The van der Waals surface area contributed by atoms with Crippen LogP contribution in [0.25, 0.3) is 0 Å². The Morgan fingerprint density at radius 3 is 2.71 bits per heavy atom. The molecule has 1 aromatic rings. The van der Waals surface area contributed by atoms with Gasteiger partial charge in [-0.05, 0) is 0 Å². The number of halogens is 1. The Balaban J connectivity index is 2.95. The van der Waals surface area contributed by atoms with Crippen molar-refractivity contribution in [3.63, 3.8) is 0 Å². The first-order valence-electron chi connectivity index (χ1n) is 5.19. The Labute approximate surface area is 105 Å². The summed E-state index contributed by atoms with van der Waals surface area (Å²) in [5, 5.41) is 18.5. The standard InChI is InChI=1S/C10H16ClN3O3/c1-17-5-3-14(2-4-15)10-8(6-16)9(11)12-7-13-10/h7,15-16H,2-6H2,1H3. The predicted molar refractivity (Wildman–Crippen MR) is 64.1 cm³/mol. The summed E-state index contributed by atoms with van der Waals surface area (Å²) in [5.41, 5.74) is 0.457. The normalized spacial score (nSPS) is 10.6. The van der Waals surface area contributed by atoms with Crippen LogP contribution in [-0.2, 0) is 11.3 Å². The van der Waals surface area contributed by atoms with Crippen LogP contribution in [0.2, 0.25) is 5.15 Å². The highest BCUT2D eigenvalue weighted by molar-refractivity contribution is 6.30. The lowest BCUT2D eigenvalue weighted by atomic mass is 10.3. The minimum Gasteiger partial charge on any atom is -0.395 e. The molecule has 0 amide bonds. The fourth-order valence-electron chi connectivity index (χ4n) is 1.44. The van der Waals surface area contributed by atoms with Crippen molar-refractivity contribution < 1.29 is 14.9 Å². The molecule has 0 saturated heterocycles. The summed E-state index contributed by atoms with van der Waals surface area (Å²) in [6, 6.07) is 0. The van der Waals surface area contributed by atoms with Gasteiger partial charge in [0, 0.05) is 20.2 Å². The zero-order valence-electron chi connectivity index (χ0n) is 9.64. The molecule has 0 aromatic carbocycles. The molecule has 0 aliphatic rings. The lowest BCUT2D eigenvalue weighted by Gasteiger charge is -2.24. The van der Waals surface area contributed by atoms with Crippen molar-refractivity contribution in [2.24, 2.45) is 0 Å². The number of aliphatic hydroxyl groups is 2. The molecule has 17 heavy (non-hydrogen) atoms. The van der Waals surface area contributed by atoms with Crippen molar-refractivity contribution in [3.8, 4) is 0 Å². The number of aromatic nitrogens is 2. The molecule has 0 aliphatic heterocycles. The zero-order chi connectivity index (χ0) is 12.7. The van der Waals surface area contributed by atoms with Crippen LogP contribution in [0.4, 0.5) is 5.82 Å². The minimum atomic E-state index is -0.246. The minimum absolute atomic E-state index is 0.0177. The lowest BCUT2D eigenvalue weighted by Crippen LogP contribution is -2.32. The number of methoxy groups -OCH3 is 1. The molecule has 2 N–H and O–H groups in total. The van der Waals surface area contributed by atoms with Crippen LogP contribution in [0.3, 0.4) is 0 Å². The first-order chi connectivity index (χ1) is 8.24.